The van der Waals surface area contributed by atoms with Crippen LogP contribution in [0.5, 0.6) is 5.75 Å². The van der Waals surface area contributed by atoms with E-state index in [0.717, 1.165) is 0 Å². The van der Waals surface area contributed by atoms with Crippen molar-refractivity contribution in [3.63, 3.8) is 0 Å². The van der Waals surface area contributed by atoms with Crippen LogP contribution in [0.2, 0.25) is 0 Å². The fourth-order valence-electron chi connectivity index (χ4n) is 3.72. The fraction of sp³-hybridized carbons (Fsp3) is 0.333. The minimum Gasteiger partial charge on any atom is -0.492 e. The Kier molecular flexibility index (Phi) is 6.69. The Labute approximate surface area is 195 Å². The van der Waals surface area contributed by atoms with Gasteiger partial charge in [0.1, 0.15) is 41.2 Å². The molecule has 3 heterocycles. The second kappa shape index (κ2) is 9.53. The average molecular weight is 491 g/mol. The van der Waals surface area contributed by atoms with Crippen LogP contribution in [0.15, 0.2) is 30.7 Å². The fourth-order valence-corrected chi connectivity index (χ4v) is 4.12. The SMILES string of the molecule is CCOc1cccc(F)c1C#Cc1cn([C@H]2C[C@H](O)[C@@H](CNS(N)(=O)=O)O2)c2ncnc(N)c12. The number of ether oxygens (including phenoxy) is 2. The quantitative estimate of drug-likeness (QED) is 0.360. The molecule has 1 fully saturated rings. The van der Waals surface area contributed by atoms with Crippen molar-refractivity contribution in [1.82, 2.24) is 19.3 Å². The molecule has 1 aromatic carbocycles. The third kappa shape index (κ3) is 4.96. The van der Waals surface area contributed by atoms with Gasteiger partial charge in [0, 0.05) is 19.2 Å². The number of nitrogen functional groups attached to an aromatic ring is 1. The van der Waals surface area contributed by atoms with E-state index in [9.17, 15) is 17.9 Å². The smallest absolute Gasteiger partial charge is 0.274 e. The predicted octanol–water partition coefficient (Wildman–Crippen LogP) is 0.393. The Balaban J connectivity index is 1.71. The largest absolute Gasteiger partial charge is 0.492 e. The van der Waals surface area contributed by atoms with E-state index in [1.54, 1.807) is 23.8 Å². The number of anilines is 1. The molecule has 0 aliphatic carbocycles. The van der Waals surface area contributed by atoms with E-state index in [1.165, 1.54) is 18.5 Å². The van der Waals surface area contributed by atoms with E-state index < -0.39 is 34.5 Å². The molecule has 180 valence electrons. The molecular formula is C21H23FN6O5S. The number of aliphatic hydroxyl groups excluding tert-OH is 1. The van der Waals surface area contributed by atoms with Crippen molar-refractivity contribution in [1.29, 1.82) is 0 Å². The first kappa shape index (κ1) is 23.9. The zero-order valence-corrected chi connectivity index (χ0v) is 18.9. The number of aliphatic hydroxyl groups is 1. The molecular weight excluding hydrogens is 467 g/mol. The molecule has 2 aromatic heterocycles. The summed E-state index contributed by atoms with van der Waals surface area (Å²) in [6, 6.07) is 4.45. The van der Waals surface area contributed by atoms with Gasteiger partial charge >= 0.3 is 0 Å². The highest BCUT2D eigenvalue weighted by Gasteiger charge is 2.36. The van der Waals surface area contributed by atoms with Gasteiger partial charge < -0.3 is 24.9 Å². The molecule has 0 bridgehead atoms. The zero-order valence-electron chi connectivity index (χ0n) is 18.1. The Morgan fingerprint density at radius 2 is 2.18 bits per heavy atom. The van der Waals surface area contributed by atoms with E-state index >= 15 is 0 Å². The standard InChI is InChI=1S/C21H23FN6O5S/c1-2-32-16-5-3-4-14(22)13(16)7-6-12-10-28(21-19(12)20(23)25-11-26-21)18-8-15(29)17(33-18)9-27-34(24,30)31/h3-5,10-11,15,17-18,27,29H,2,8-9H2,1H3,(H2,23,25,26)(H2,24,30,31)/t15-,17+,18+/m0/s1. The Hall–Kier alpha value is -3.28. The summed E-state index contributed by atoms with van der Waals surface area (Å²) in [5, 5.41) is 15.8. The number of benzene rings is 1. The van der Waals surface area contributed by atoms with Crippen LogP contribution in [0, 0.1) is 17.7 Å². The highest BCUT2D eigenvalue weighted by Crippen LogP contribution is 2.34. The lowest BCUT2D eigenvalue weighted by Crippen LogP contribution is -2.40. The van der Waals surface area contributed by atoms with Crippen molar-refractivity contribution in [2.24, 2.45) is 5.14 Å². The summed E-state index contributed by atoms with van der Waals surface area (Å²) in [5.74, 6) is 5.67. The summed E-state index contributed by atoms with van der Waals surface area (Å²) >= 11 is 0. The number of hydrogen-bond donors (Lipinski definition) is 4. The van der Waals surface area contributed by atoms with Crippen LogP contribution >= 0.6 is 0 Å². The Morgan fingerprint density at radius 3 is 2.91 bits per heavy atom. The van der Waals surface area contributed by atoms with E-state index in [4.69, 9.17) is 20.3 Å². The third-order valence-electron chi connectivity index (χ3n) is 5.24. The first-order valence-electron chi connectivity index (χ1n) is 10.3. The molecule has 4 rings (SSSR count). The van der Waals surface area contributed by atoms with Crippen LogP contribution in [0.25, 0.3) is 11.0 Å². The van der Waals surface area contributed by atoms with Crippen molar-refractivity contribution >= 4 is 27.1 Å². The molecule has 3 atom stereocenters. The van der Waals surface area contributed by atoms with Gasteiger partial charge in [-0.2, -0.15) is 13.1 Å². The van der Waals surface area contributed by atoms with E-state index in [0.29, 0.717) is 29.0 Å². The van der Waals surface area contributed by atoms with E-state index in [-0.39, 0.29) is 24.3 Å². The van der Waals surface area contributed by atoms with Crippen LogP contribution in [0.3, 0.4) is 0 Å². The summed E-state index contributed by atoms with van der Waals surface area (Å²) in [7, 11) is -3.94. The zero-order chi connectivity index (χ0) is 24.5. The average Bonchev–Trinajstić information content (AvgIpc) is 3.32. The van der Waals surface area contributed by atoms with E-state index in [1.807, 2.05) is 0 Å². The minimum absolute atomic E-state index is 0.0994. The number of aromatic nitrogens is 3. The van der Waals surface area contributed by atoms with Crippen LogP contribution in [0.1, 0.15) is 30.7 Å². The van der Waals surface area contributed by atoms with Gasteiger partial charge in [-0.3, -0.25) is 0 Å². The molecule has 11 nitrogen and oxygen atoms in total. The summed E-state index contributed by atoms with van der Waals surface area (Å²) in [6.07, 6.45) is 0.568. The molecule has 0 saturated carbocycles. The molecule has 1 saturated heterocycles. The normalized spacial score (nSPS) is 20.3. The van der Waals surface area contributed by atoms with Crippen LogP contribution < -0.4 is 20.3 Å². The summed E-state index contributed by atoms with van der Waals surface area (Å²) in [5.41, 5.74) is 7.00. The van der Waals surface area contributed by atoms with Gasteiger partial charge in [0.15, 0.2) is 0 Å². The molecule has 6 N–H and O–H groups in total. The van der Waals surface area contributed by atoms with Crippen LogP contribution in [-0.4, -0.2) is 53.4 Å². The van der Waals surface area contributed by atoms with Gasteiger partial charge in [0.25, 0.3) is 10.2 Å². The van der Waals surface area contributed by atoms with Gasteiger partial charge in [-0.15, -0.1) is 0 Å². The predicted molar refractivity (Wildman–Crippen MR) is 121 cm³/mol. The molecule has 34 heavy (non-hydrogen) atoms. The monoisotopic (exact) mass is 490 g/mol. The van der Waals surface area contributed by atoms with Crippen molar-refractivity contribution < 1.29 is 27.4 Å². The second-order valence-corrected chi connectivity index (χ2v) is 8.91. The molecule has 0 spiro atoms. The molecule has 0 radical (unpaired) electrons. The molecule has 0 unspecified atom stereocenters. The number of hydrogen-bond acceptors (Lipinski definition) is 8. The summed E-state index contributed by atoms with van der Waals surface area (Å²) in [4.78, 5) is 8.29. The number of fused-ring (bicyclic) bond motifs is 1. The lowest BCUT2D eigenvalue weighted by Gasteiger charge is -2.16. The van der Waals surface area contributed by atoms with Gasteiger partial charge in [0.2, 0.25) is 0 Å². The minimum atomic E-state index is -3.94. The summed E-state index contributed by atoms with van der Waals surface area (Å²) in [6.45, 7) is 1.93. The third-order valence-corrected chi connectivity index (χ3v) is 5.81. The van der Waals surface area contributed by atoms with Crippen molar-refractivity contribution in [2.75, 3.05) is 18.9 Å². The lowest BCUT2D eigenvalue weighted by molar-refractivity contribution is -0.0130. The van der Waals surface area contributed by atoms with Crippen molar-refractivity contribution in [3.05, 3.63) is 47.7 Å². The van der Waals surface area contributed by atoms with Gasteiger partial charge in [-0.25, -0.2) is 19.5 Å². The topological polar surface area (TPSA) is 168 Å². The number of nitrogens with one attached hydrogen (secondary N) is 1. The molecule has 13 heteroatoms. The van der Waals surface area contributed by atoms with Crippen molar-refractivity contribution in [3.8, 4) is 17.6 Å². The highest BCUT2D eigenvalue weighted by molar-refractivity contribution is 7.87. The van der Waals surface area contributed by atoms with Crippen molar-refractivity contribution in [2.45, 2.75) is 31.8 Å². The Morgan fingerprint density at radius 1 is 1.38 bits per heavy atom. The maximum atomic E-state index is 14.4. The Bertz CT molecular complexity index is 1380. The number of nitrogens with two attached hydrogens (primary N) is 2. The second-order valence-electron chi connectivity index (χ2n) is 7.53. The molecule has 3 aromatic rings. The highest BCUT2D eigenvalue weighted by atomic mass is 32.2. The summed E-state index contributed by atoms with van der Waals surface area (Å²) < 4.78 is 51.9. The van der Waals surface area contributed by atoms with Crippen LogP contribution in [0.4, 0.5) is 10.2 Å². The number of nitrogens with zero attached hydrogens (tertiary/aromatic N) is 3. The maximum absolute atomic E-state index is 14.4. The molecule has 0 amide bonds. The number of rotatable bonds is 6. The van der Waals surface area contributed by atoms with E-state index in [2.05, 4.69) is 26.5 Å². The van der Waals surface area contributed by atoms with Gasteiger partial charge in [-0.1, -0.05) is 17.9 Å². The molecule has 1 aliphatic heterocycles. The van der Waals surface area contributed by atoms with Gasteiger partial charge in [-0.05, 0) is 19.1 Å². The lowest BCUT2D eigenvalue weighted by atomic mass is 10.1. The van der Waals surface area contributed by atoms with Crippen LogP contribution in [-0.2, 0) is 14.9 Å². The first-order chi connectivity index (χ1) is 16.2. The maximum Gasteiger partial charge on any atom is 0.274 e. The van der Waals surface area contributed by atoms with Gasteiger partial charge in [0.05, 0.1) is 29.8 Å². The number of halogens is 1. The first-order valence-corrected chi connectivity index (χ1v) is 11.9. The molecule has 1 aliphatic rings.